The zero-order valence-corrected chi connectivity index (χ0v) is 9.64. The molecule has 17 heavy (non-hydrogen) atoms. The van der Waals surface area contributed by atoms with Gasteiger partial charge >= 0.3 is 12.1 Å². The number of amides is 1. The summed E-state index contributed by atoms with van der Waals surface area (Å²) in [6, 6.07) is 7.58. The maximum absolute atomic E-state index is 11.6. The van der Waals surface area contributed by atoms with Gasteiger partial charge in [0.15, 0.2) is 0 Å². The molecule has 1 aromatic carbocycles. The number of benzene rings is 1. The van der Waals surface area contributed by atoms with Crippen molar-refractivity contribution in [1.82, 2.24) is 15.0 Å². The fourth-order valence-corrected chi connectivity index (χ4v) is 1.44. The van der Waals surface area contributed by atoms with Crippen LogP contribution in [0.25, 0.3) is 11.0 Å². The molecular weight excluding hydrogens is 222 g/mol. The Morgan fingerprint density at radius 1 is 1.47 bits per heavy atom. The number of hydrogen-bond acceptors (Lipinski definition) is 4. The molecule has 0 aliphatic carbocycles. The second kappa shape index (κ2) is 4.84. The number of nitrogens with one attached hydrogen (secondary N) is 1. The Balaban J connectivity index is 2.15. The highest BCUT2D eigenvalue weighted by Gasteiger charge is 2.15. The van der Waals surface area contributed by atoms with Crippen LogP contribution in [-0.2, 0) is 4.84 Å². The van der Waals surface area contributed by atoms with Crippen molar-refractivity contribution in [3.8, 4) is 6.01 Å². The van der Waals surface area contributed by atoms with Crippen LogP contribution >= 0.6 is 0 Å². The minimum Gasteiger partial charge on any atom is -0.374 e. The monoisotopic (exact) mass is 235 g/mol. The average Bonchev–Trinajstić information content (AvgIpc) is 2.72. The molecule has 0 atom stereocenters. The van der Waals surface area contributed by atoms with Gasteiger partial charge in [-0.2, -0.15) is 10.0 Å². The van der Waals surface area contributed by atoms with Crippen molar-refractivity contribution in [1.29, 1.82) is 0 Å². The van der Waals surface area contributed by atoms with Gasteiger partial charge in [0.05, 0.1) is 18.1 Å². The fourth-order valence-electron chi connectivity index (χ4n) is 1.44. The minimum atomic E-state index is -0.603. The molecule has 90 valence electrons. The van der Waals surface area contributed by atoms with Gasteiger partial charge in [0.25, 0.3) is 0 Å². The highest BCUT2D eigenvalue weighted by molar-refractivity contribution is 5.76. The Morgan fingerprint density at radius 3 is 2.88 bits per heavy atom. The number of hydrogen-bond donors (Lipinski definition) is 1. The molecule has 6 nitrogen and oxygen atoms in total. The van der Waals surface area contributed by atoms with Crippen molar-refractivity contribution in [3.63, 3.8) is 0 Å². The summed E-state index contributed by atoms with van der Waals surface area (Å²) in [6.07, 6.45) is -0.603. The number of aromatic nitrogens is 2. The summed E-state index contributed by atoms with van der Waals surface area (Å²) in [4.78, 5) is 23.4. The van der Waals surface area contributed by atoms with Crippen LogP contribution in [0, 0.1) is 0 Å². The van der Waals surface area contributed by atoms with Crippen LogP contribution in [0.15, 0.2) is 24.3 Å². The summed E-state index contributed by atoms with van der Waals surface area (Å²) < 4.78 is 5.04. The number of aromatic amines is 1. The molecule has 0 saturated carbocycles. The van der Waals surface area contributed by atoms with Gasteiger partial charge in [-0.05, 0) is 19.1 Å². The number of H-pyrrole nitrogens is 1. The zero-order valence-electron chi connectivity index (χ0n) is 9.64. The maximum Gasteiger partial charge on any atom is 0.441 e. The first-order valence-corrected chi connectivity index (χ1v) is 5.22. The summed E-state index contributed by atoms with van der Waals surface area (Å²) >= 11 is 0. The normalized spacial score (nSPS) is 10.5. The molecule has 0 fully saturated rings. The van der Waals surface area contributed by atoms with Crippen LogP contribution in [0.5, 0.6) is 6.01 Å². The van der Waals surface area contributed by atoms with Crippen molar-refractivity contribution < 1.29 is 14.4 Å². The molecule has 0 spiro atoms. The third kappa shape index (κ3) is 2.36. The number of carbonyl (C=O) groups excluding carboxylic acids is 1. The molecule has 0 aliphatic heterocycles. The van der Waals surface area contributed by atoms with E-state index >= 15 is 0 Å². The summed E-state index contributed by atoms with van der Waals surface area (Å²) in [5.74, 6) is 0. The van der Waals surface area contributed by atoms with E-state index in [4.69, 9.17) is 9.57 Å². The van der Waals surface area contributed by atoms with E-state index < -0.39 is 6.09 Å². The third-order valence-corrected chi connectivity index (χ3v) is 2.26. The molecule has 0 aliphatic rings. The predicted octanol–water partition coefficient (Wildman–Crippen LogP) is 1.94. The molecule has 1 aromatic heterocycles. The number of para-hydroxylation sites is 2. The number of hydroxylamine groups is 2. The topological polar surface area (TPSA) is 67.4 Å². The van der Waals surface area contributed by atoms with Crippen LogP contribution in [0.4, 0.5) is 4.79 Å². The van der Waals surface area contributed by atoms with Gasteiger partial charge in [-0.1, -0.05) is 12.1 Å². The number of rotatable bonds is 3. The summed E-state index contributed by atoms with van der Waals surface area (Å²) in [5, 5.41) is 1.09. The molecule has 6 heteroatoms. The number of fused-ring (bicyclic) bond motifs is 1. The lowest BCUT2D eigenvalue weighted by molar-refractivity contribution is -0.0963. The van der Waals surface area contributed by atoms with E-state index in [1.165, 1.54) is 7.11 Å². The van der Waals surface area contributed by atoms with Gasteiger partial charge in [-0.15, -0.1) is 0 Å². The lowest BCUT2D eigenvalue weighted by Gasteiger charge is -2.15. The van der Waals surface area contributed by atoms with Gasteiger partial charge in [-0.25, -0.2) is 4.79 Å². The largest absolute Gasteiger partial charge is 0.441 e. The predicted molar refractivity (Wildman–Crippen MR) is 61.5 cm³/mol. The van der Waals surface area contributed by atoms with Crippen molar-refractivity contribution in [2.24, 2.45) is 0 Å². The standard InChI is InChI=1S/C11H13N3O3/c1-3-14(16-2)11(15)17-10-12-8-6-4-5-7-9(8)13-10/h4-7H,3H2,1-2H3,(H,12,13). The number of nitrogens with zero attached hydrogens (tertiary/aromatic N) is 2. The van der Waals surface area contributed by atoms with Crippen LogP contribution in [0.3, 0.4) is 0 Å². The van der Waals surface area contributed by atoms with Crippen molar-refractivity contribution in [2.45, 2.75) is 6.92 Å². The molecule has 0 saturated heterocycles. The first-order valence-electron chi connectivity index (χ1n) is 5.22. The Hall–Kier alpha value is -2.08. The Kier molecular flexibility index (Phi) is 3.24. The number of imidazole rings is 1. The summed E-state index contributed by atoms with van der Waals surface area (Å²) in [7, 11) is 1.41. The van der Waals surface area contributed by atoms with Crippen LogP contribution in [0.2, 0.25) is 0 Å². The fraction of sp³-hybridized carbons (Fsp3) is 0.273. The molecule has 1 amide bonds. The zero-order chi connectivity index (χ0) is 12.3. The van der Waals surface area contributed by atoms with Crippen LogP contribution < -0.4 is 4.74 Å². The molecule has 0 radical (unpaired) electrons. The Bertz CT molecular complexity index is 486. The first kappa shape index (κ1) is 11.4. The van der Waals surface area contributed by atoms with Gasteiger partial charge in [-0.3, -0.25) is 4.84 Å². The summed E-state index contributed by atoms with van der Waals surface area (Å²) in [5.41, 5.74) is 1.56. The van der Waals surface area contributed by atoms with Crippen molar-refractivity contribution >= 4 is 17.1 Å². The highest BCUT2D eigenvalue weighted by atomic mass is 16.7. The highest BCUT2D eigenvalue weighted by Crippen LogP contribution is 2.15. The summed E-state index contributed by atoms with van der Waals surface area (Å²) in [6.45, 7) is 2.18. The average molecular weight is 235 g/mol. The third-order valence-electron chi connectivity index (χ3n) is 2.26. The molecule has 1 N–H and O–H groups in total. The number of ether oxygens (including phenoxy) is 1. The first-order chi connectivity index (χ1) is 8.24. The van der Waals surface area contributed by atoms with E-state index in [-0.39, 0.29) is 6.01 Å². The van der Waals surface area contributed by atoms with Gasteiger partial charge < -0.3 is 9.72 Å². The van der Waals surface area contributed by atoms with E-state index in [9.17, 15) is 4.79 Å². The van der Waals surface area contributed by atoms with E-state index in [1.807, 2.05) is 24.3 Å². The molecule has 2 aromatic rings. The molecular formula is C11H13N3O3. The van der Waals surface area contributed by atoms with Gasteiger partial charge in [0.1, 0.15) is 0 Å². The number of carbonyl (C=O) groups is 1. The quantitative estimate of drug-likeness (QED) is 0.825. The van der Waals surface area contributed by atoms with E-state index in [1.54, 1.807) is 6.92 Å². The lowest BCUT2D eigenvalue weighted by atomic mass is 10.3. The minimum absolute atomic E-state index is 0.159. The van der Waals surface area contributed by atoms with Gasteiger partial charge in [0, 0.05) is 6.54 Å². The van der Waals surface area contributed by atoms with Crippen molar-refractivity contribution in [3.05, 3.63) is 24.3 Å². The second-order valence-electron chi connectivity index (χ2n) is 3.30. The maximum atomic E-state index is 11.6. The SMILES string of the molecule is CCN(OC)C(=O)Oc1nc2ccccc2[nH]1. The molecule has 0 unspecified atom stereocenters. The van der Waals surface area contributed by atoms with E-state index in [0.717, 1.165) is 16.1 Å². The Labute approximate surface area is 98.1 Å². The molecule has 1 heterocycles. The van der Waals surface area contributed by atoms with Gasteiger partial charge in [0.2, 0.25) is 0 Å². The van der Waals surface area contributed by atoms with Crippen molar-refractivity contribution in [2.75, 3.05) is 13.7 Å². The molecule has 0 bridgehead atoms. The smallest absolute Gasteiger partial charge is 0.374 e. The molecule has 2 rings (SSSR count). The van der Waals surface area contributed by atoms with E-state index in [2.05, 4.69) is 9.97 Å². The van der Waals surface area contributed by atoms with Crippen LogP contribution in [0.1, 0.15) is 6.92 Å². The lowest BCUT2D eigenvalue weighted by Crippen LogP contribution is -2.32. The second-order valence-corrected chi connectivity index (χ2v) is 3.30. The van der Waals surface area contributed by atoms with E-state index in [0.29, 0.717) is 6.54 Å². The van der Waals surface area contributed by atoms with Crippen LogP contribution in [-0.4, -0.2) is 34.8 Å². The Morgan fingerprint density at radius 2 is 2.24 bits per heavy atom.